The van der Waals surface area contributed by atoms with Gasteiger partial charge in [0.05, 0.1) is 0 Å². The Balaban J connectivity index is 2.52. The smallest absolute Gasteiger partial charge is 0.303 e. The van der Waals surface area contributed by atoms with Gasteiger partial charge in [0.2, 0.25) is 5.91 Å². The monoisotopic (exact) mass is 292 g/mol. The SMILES string of the molecule is N=C(N)NC(C(=O)NCCCCC(=O)O)c1ccccc1. The lowest BCUT2D eigenvalue weighted by atomic mass is 10.1. The van der Waals surface area contributed by atoms with Crippen molar-refractivity contribution in [1.29, 1.82) is 5.41 Å². The van der Waals surface area contributed by atoms with Gasteiger partial charge >= 0.3 is 5.97 Å². The molecule has 0 radical (unpaired) electrons. The zero-order chi connectivity index (χ0) is 15.7. The number of carbonyl (C=O) groups is 2. The summed E-state index contributed by atoms with van der Waals surface area (Å²) in [5.74, 6) is -1.43. The number of aliphatic carboxylic acids is 1. The van der Waals surface area contributed by atoms with Crippen LogP contribution in [0.15, 0.2) is 30.3 Å². The lowest BCUT2D eigenvalue weighted by molar-refractivity contribution is -0.137. The predicted molar refractivity (Wildman–Crippen MR) is 78.7 cm³/mol. The fourth-order valence-corrected chi connectivity index (χ4v) is 1.82. The van der Waals surface area contributed by atoms with E-state index in [-0.39, 0.29) is 18.3 Å². The minimum Gasteiger partial charge on any atom is -0.481 e. The van der Waals surface area contributed by atoms with Crippen LogP contribution in [0.3, 0.4) is 0 Å². The molecule has 114 valence electrons. The number of benzene rings is 1. The number of guanidine groups is 1. The zero-order valence-electron chi connectivity index (χ0n) is 11.6. The molecule has 0 aliphatic heterocycles. The molecule has 0 bridgehead atoms. The molecule has 7 nitrogen and oxygen atoms in total. The van der Waals surface area contributed by atoms with Crippen LogP contribution >= 0.6 is 0 Å². The molecule has 0 aliphatic carbocycles. The van der Waals surface area contributed by atoms with Crippen molar-refractivity contribution in [3.63, 3.8) is 0 Å². The Morgan fingerprint density at radius 1 is 1.24 bits per heavy atom. The number of carboxylic acid groups (broad SMARTS) is 1. The van der Waals surface area contributed by atoms with Crippen LogP contribution < -0.4 is 16.4 Å². The first-order chi connectivity index (χ1) is 10.0. The number of hydrogen-bond acceptors (Lipinski definition) is 3. The molecule has 7 heteroatoms. The van der Waals surface area contributed by atoms with E-state index in [1.807, 2.05) is 6.07 Å². The van der Waals surface area contributed by atoms with Crippen molar-refractivity contribution >= 4 is 17.8 Å². The normalized spacial score (nSPS) is 11.4. The molecule has 1 aromatic carbocycles. The predicted octanol–water partition coefficient (Wildman–Crippen LogP) is 0.582. The van der Waals surface area contributed by atoms with Crippen molar-refractivity contribution < 1.29 is 14.7 Å². The van der Waals surface area contributed by atoms with Crippen molar-refractivity contribution in [1.82, 2.24) is 10.6 Å². The van der Waals surface area contributed by atoms with Crippen molar-refractivity contribution in [3.05, 3.63) is 35.9 Å². The highest BCUT2D eigenvalue weighted by Crippen LogP contribution is 2.12. The molecular formula is C14H20N4O3. The van der Waals surface area contributed by atoms with Crippen molar-refractivity contribution in [2.24, 2.45) is 5.73 Å². The molecule has 0 heterocycles. The Kier molecular flexibility index (Phi) is 6.73. The summed E-state index contributed by atoms with van der Waals surface area (Å²) in [6.07, 6.45) is 1.18. The molecule has 1 rings (SSSR count). The van der Waals surface area contributed by atoms with Crippen LogP contribution in [-0.2, 0) is 9.59 Å². The molecule has 0 aliphatic rings. The Hall–Kier alpha value is -2.57. The quantitative estimate of drug-likeness (QED) is 0.272. The van der Waals surface area contributed by atoms with Crippen LogP contribution in [-0.4, -0.2) is 29.5 Å². The molecule has 0 saturated heterocycles. The van der Waals surface area contributed by atoms with Crippen LogP contribution in [0.25, 0.3) is 0 Å². The summed E-state index contributed by atoms with van der Waals surface area (Å²) in [4.78, 5) is 22.5. The Morgan fingerprint density at radius 2 is 1.90 bits per heavy atom. The van der Waals surface area contributed by atoms with E-state index in [1.165, 1.54) is 0 Å². The average molecular weight is 292 g/mol. The van der Waals surface area contributed by atoms with E-state index in [9.17, 15) is 9.59 Å². The van der Waals surface area contributed by atoms with Crippen LogP contribution in [0.4, 0.5) is 0 Å². The molecular weight excluding hydrogens is 272 g/mol. The van der Waals surface area contributed by atoms with Crippen molar-refractivity contribution in [3.8, 4) is 0 Å². The van der Waals surface area contributed by atoms with Gasteiger partial charge in [0.15, 0.2) is 5.96 Å². The molecule has 21 heavy (non-hydrogen) atoms. The van der Waals surface area contributed by atoms with Gasteiger partial charge in [-0.2, -0.15) is 0 Å². The molecule has 0 spiro atoms. The molecule has 0 saturated carbocycles. The third-order valence-electron chi connectivity index (χ3n) is 2.81. The van der Waals surface area contributed by atoms with Crippen molar-refractivity contribution in [2.75, 3.05) is 6.54 Å². The molecule has 1 atom stereocenters. The lowest BCUT2D eigenvalue weighted by Crippen LogP contribution is -2.43. The second kappa shape index (κ2) is 8.57. The van der Waals surface area contributed by atoms with Gasteiger partial charge in [-0.05, 0) is 18.4 Å². The van der Waals surface area contributed by atoms with E-state index in [1.54, 1.807) is 24.3 Å². The number of nitrogens with one attached hydrogen (secondary N) is 3. The van der Waals surface area contributed by atoms with Crippen LogP contribution in [0, 0.1) is 5.41 Å². The van der Waals surface area contributed by atoms with E-state index < -0.39 is 12.0 Å². The van der Waals surface area contributed by atoms with E-state index in [0.717, 1.165) is 0 Å². The minimum absolute atomic E-state index is 0.0870. The van der Waals surface area contributed by atoms with Gasteiger partial charge in [-0.3, -0.25) is 15.0 Å². The lowest BCUT2D eigenvalue weighted by Gasteiger charge is -2.18. The summed E-state index contributed by atoms with van der Waals surface area (Å²) in [5.41, 5.74) is 6.01. The molecule has 1 aromatic rings. The summed E-state index contributed by atoms with van der Waals surface area (Å²) in [6, 6.07) is 8.23. The number of carbonyl (C=O) groups excluding carboxylic acids is 1. The Bertz CT molecular complexity index is 490. The van der Waals surface area contributed by atoms with Crippen LogP contribution in [0.5, 0.6) is 0 Å². The Labute approximate surface area is 123 Å². The molecule has 1 unspecified atom stereocenters. The first kappa shape index (κ1) is 16.5. The van der Waals surface area contributed by atoms with E-state index in [4.69, 9.17) is 16.2 Å². The van der Waals surface area contributed by atoms with Gasteiger partial charge in [0.25, 0.3) is 0 Å². The topological polar surface area (TPSA) is 128 Å². The molecule has 6 N–H and O–H groups in total. The van der Waals surface area contributed by atoms with Crippen LogP contribution in [0.2, 0.25) is 0 Å². The second-order valence-electron chi connectivity index (χ2n) is 4.54. The highest BCUT2D eigenvalue weighted by Gasteiger charge is 2.20. The number of amides is 1. The maximum absolute atomic E-state index is 12.1. The molecule has 0 fully saturated rings. The van der Waals surface area contributed by atoms with Gasteiger partial charge in [-0.25, -0.2) is 0 Å². The fourth-order valence-electron chi connectivity index (χ4n) is 1.82. The average Bonchev–Trinajstić information content (AvgIpc) is 2.44. The van der Waals surface area contributed by atoms with Gasteiger partial charge in [0, 0.05) is 13.0 Å². The fraction of sp³-hybridized carbons (Fsp3) is 0.357. The number of carboxylic acids is 1. The summed E-state index contributed by atoms with van der Waals surface area (Å²) in [6.45, 7) is 0.384. The largest absolute Gasteiger partial charge is 0.481 e. The minimum atomic E-state index is -0.846. The third-order valence-corrected chi connectivity index (χ3v) is 2.81. The maximum atomic E-state index is 12.1. The van der Waals surface area contributed by atoms with Crippen LogP contribution in [0.1, 0.15) is 30.9 Å². The standard InChI is InChI=1S/C14H20N4O3/c15-14(16)18-12(10-6-2-1-3-7-10)13(21)17-9-5-4-8-11(19)20/h1-3,6-7,12H,4-5,8-9H2,(H,17,21)(H,19,20)(H4,15,16,18). The third kappa shape index (κ3) is 6.42. The first-order valence-corrected chi connectivity index (χ1v) is 6.65. The van der Waals surface area contributed by atoms with Gasteiger partial charge in [0.1, 0.15) is 6.04 Å². The van der Waals surface area contributed by atoms with E-state index >= 15 is 0 Å². The van der Waals surface area contributed by atoms with Crippen molar-refractivity contribution in [2.45, 2.75) is 25.3 Å². The number of rotatable bonds is 8. The van der Waals surface area contributed by atoms with E-state index in [0.29, 0.717) is 24.9 Å². The van der Waals surface area contributed by atoms with E-state index in [2.05, 4.69) is 10.6 Å². The highest BCUT2D eigenvalue weighted by atomic mass is 16.4. The molecule has 0 aromatic heterocycles. The summed E-state index contributed by atoms with van der Waals surface area (Å²) >= 11 is 0. The number of nitrogens with two attached hydrogens (primary N) is 1. The first-order valence-electron chi connectivity index (χ1n) is 6.65. The molecule has 1 amide bonds. The summed E-state index contributed by atoms with van der Waals surface area (Å²) in [7, 11) is 0. The highest BCUT2D eigenvalue weighted by molar-refractivity contribution is 5.88. The number of hydrogen-bond donors (Lipinski definition) is 5. The Morgan fingerprint density at radius 3 is 2.48 bits per heavy atom. The van der Waals surface area contributed by atoms with Gasteiger partial charge < -0.3 is 21.5 Å². The van der Waals surface area contributed by atoms with Gasteiger partial charge in [-0.15, -0.1) is 0 Å². The van der Waals surface area contributed by atoms with Gasteiger partial charge in [-0.1, -0.05) is 30.3 Å². The zero-order valence-corrected chi connectivity index (χ0v) is 11.6. The summed E-state index contributed by atoms with van der Waals surface area (Å²) in [5, 5.41) is 21.1. The maximum Gasteiger partial charge on any atom is 0.303 e. The summed E-state index contributed by atoms with van der Waals surface area (Å²) < 4.78 is 0. The second-order valence-corrected chi connectivity index (χ2v) is 4.54. The number of unbranched alkanes of at least 4 members (excludes halogenated alkanes) is 1.